The molecule has 0 atom stereocenters. The number of nitrogens with one attached hydrogen (secondary N) is 1. The van der Waals surface area contributed by atoms with Crippen LogP contribution in [0.2, 0.25) is 10.0 Å². The minimum Gasteiger partial charge on any atom is -0.493 e. The second kappa shape index (κ2) is 15.4. The van der Waals surface area contributed by atoms with Crippen LogP contribution in [0.5, 0.6) is 11.5 Å². The fourth-order valence-corrected chi connectivity index (χ4v) is 3.96. The molecule has 0 bridgehead atoms. The summed E-state index contributed by atoms with van der Waals surface area (Å²) in [7, 11) is 1.66. The van der Waals surface area contributed by atoms with E-state index in [9.17, 15) is 0 Å². The van der Waals surface area contributed by atoms with E-state index in [1.54, 1.807) is 13.2 Å². The molecule has 0 heterocycles. The molecule has 0 aliphatic rings. The molecule has 2 rings (SSSR count). The number of rotatable bonds is 16. The van der Waals surface area contributed by atoms with Crippen LogP contribution in [0.3, 0.4) is 0 Å². The number of hydrogen-bond donors (Lipinski definition) is 1. The van der Waals surface area contributed by atoms with Crippen molar-refractivity contribution in [2.24, 2.45) is 0 Å². The molecule has 0 unspecified atom stereocenters. The maximum Gasteiger partial charge on any atom is 0.161 e. The zero-order valence-electron chi connectivity index (χ0n) is 19.8. The molecule has 0 radical (unpaired) electrons. The van der Waals surface area contributed by atoms with Crippen molar-refractivity contribution in [2.75, 3.05) is 33.3 Å². The summed E-state index contributed by atoms with van der Waals surface area (Å²) in [6, 6.07) is 11.5. The Bertz CT molecular complexity index is 793. The molecule has 6 heteroatoms. The zero-order chi connectivity index (χ0) is 23.2. The molecular formula is C26H38Cl2N2O2. The van der Waals surface area contributed by atoms with Crippen molar-refractivity contribution in [3.63, 3.8) is 0 Å². The average molecular weight is 482 g/mol. The van der Waals surface area contributed by atoms with Gasteiger partial charge in [-0.1, -0.05) is 62.0 Å². The number of ether oxygens (including phenoxy) is 2. The molecule has 2 aromatic carbocycles. The average Bonchev–Trinajstić information content (AvgIpc) is 2.79. The van der Waals surface area contributed by atoms with Gasteiger partial charge < -0.3 is 19.7 Å². The molecule has 0 amide bonds. The van der Waals surface area contributed by atoms with Gasteiger partial charge in [0.2, 0.25) is 0 Å². The molecule has 32 heavy (non-hydrogen) atoms. The van der Waals surface area contributed by atoms with Crippen LogP contribution in [0.4, 0.5) is 0 Å². The van der Waals surface area contributed by atoms with Crippen LogP contribution in [0.15, 0.2) is 36.4 Å². The molecule has 0 aliphatic carbocycles. The first kappa shape index (κ1) is 26.8. The first-order valence-electron chi connectivity index (χ1n) is 11.7. The summed E-state index contributed by atoms with van der Waals surface area (Å²) in [5, 5.41) is 4.77. The van der Waals surface area contributed by atoms with Gasteiger partial charge in [-0.2, -0.15) is 0 Å². The first-order valence-corrected chi connectivity index (χ1v) is 12.5. The maximum absolute atomic E-state index is 6.24. The van der Waals surface area contributed by atoms with Crippen LogP contribution in [0.25, 0.3) is 0 Å². The van der Waals surface area contributed by atoms with Gasteiger partial charge in [0.15, 0.2) is 11.5 Å². The van der Waals surface area contributed by atoms with Crippen LogP contribution >= 0.6 is 23.2 Å². The summed E-state index contributed by atoms with van der Waals surface area (Å²) in [4.78, 5) is 2.61. The number of halogens is 2. The van der Waals surface area contributed by atoms with Crippen molar-refractivity contribution in [3.8, 4) is 11.5 Å². The topological polar surface area (TPSA) is 33.7 Å². The highest BCUT2D eigenvalue weighted by atomic mass is 35.5. The summed E-state index contributed by atoms with van der Waals surface area (Å²) in [5.74, 6) is 1.42. The second-order valence-corrected chi connectivity index (χ2v) is 8.93. The second-order valence-electron chi connectivity index (χ2n) is 8.09. The van der Waals surface area contributed by atoms with Crippen molar-refractivity contribution in [3.05, 3.63) is 57.6 Å². The third kappa shape index (κ3) is 9.58. The summed E-state index contributed by atoms with van der Waals surface area (Å²) in [5.41, 5.74) is 2.06. The summed E-state index contributed by atoms with van der Waals surface area (Å²) >= 11 is 12.2. The monoisotopic (exact) mass is 480 g/mol. The minimum atomic E-state index is 0.358. The molecule has 2 aromatic rings. The number of unbranched alkanes of at least 4 members (excludes halogenated alkanes) is 2. The Labute approximate surface area is 204 Å². The number of nitrogens with zero attached hydrogens (tertiary/aromatic N) is 1. The Morgan fingerprint density at radius 1 is 0.875 bits per heavy atom. The Balaban J connectivity index is 1.79. The van der Waals surface area contributed by atoms with Crippen LogP contribution < -0.4 is 14.8 Å². The summed E-state index contributed by atoms with van der Waals surface area (Å²) in [6.45, 7) is 10.3. The predicted molar refractivity (Wildman–Crippen MR) is 136 cm³/mol. The van der Waals surface area contributed by atoms with Gasteiger partial charge in [0.1, 0.15) is 6.61 Å². The largest absolute Gasteiger partial charge is 0.493 e. The molecule has 0 aromatic heterocycles. The van der Waals surface area contributed by atoms with Crippen molar-refractivity contribution < 1.29 is 9.47 Å². The zero-order valence-corrected chi connectivity index (χ0v) is 21.3. The van der Waals surface area contributed by atoms with E-state index in [2.05, 4.69) is 30.1 Å². The predicted octanol–water partition coefficient (Wildman–Crippen LogP) is 6.96. The van der Waals surface area contributed by atoms with Crippen molar-refractivity contribution >= 4 is 23.2 Å². The Morgan fingerprint density at radius 3 is 2.25 bits per heavy atom. The van der Waals surface area contributed by atoms with Gasteiger partial charge in [-0.05, 0) is 75.3 Å². The van der Waals surface area contributed by atoms with Gasteiger partial charge in [0.25, 0.3) is 0 Å². The van der Waals surface area contributed by atoms with Crippen molar-refractivity contribution in [1.82, 2.24) is 10.2 Å². The lowest BCUT2D eigenvalue weighted by Crippen LogP contribution is -2.29. The van der Waals surface area contributed by atoms with E-state index >= 15 is 0 Å². The van der Waals surface area contributed by atoms with Gasteiger partial charge in [-0.3, -0.25) is 0 Å². The van der Waals surface area contributed by atoms with Gasteiger partial charge >= 0.3 is 0 Å². The van der Waals surface area contributed by atoms with Crippen molar-refractivity contribution in [1.29, 1.82) is 0 Å². The molecule has 4 nitrogen and oxygen atoms in total. The molecular weight excluding hydrogens is 443 g/mol. The van der Waals surface area contributed by atoms with E-state index in [1.165, 1.54) is 44.3 Å². The van der Waals surface area contributed by atoms with Gasteiger partial charge in [0, 0.05) is 22.2 Å². The smallest absolute Gasteiger partial charge is 0.161 e. The number of methoxy groups -OCH3 is 1. The molecule has 0 aliphatic heterocycles. The molecule has 0 saturated carbocycles. The van der Waals surface area contributed by atoms with Gasteiger partial charge in [-0.15, -0.1) is 0 Å². The maximum atomic E-state index is 6.24. The molecule has 0 spiro atoms. The number of benzene rings is 2. The van der Waals surface area contributed by atoms with E-state index in [-0.39, 0.29) is 0 Å². The van der Waals surface area contributed by atoms with E-state index < -0.39 is 0 Å². The van der Waals surface area contributed by atoms with E-state index in [1.807, 2.05) is 24.3 Å². The standard InChI is InChI=1S/C26H38Cl2N2O2/c1-4-6-14-30(15-7-5-2)16-8-13-29-19-21-9-12-25(26(17-21)31-3)32-20-22-10-11-23(27)18-24(22)28/h9-12,17-18,29H,4-8,13-16,19-20H2,1-3H3. The first-order chi connectivity index (χ1) is 15.6. The quantitative estimate of drug-likeness (QED) is 0.263. The fourth-order valence-electron chi connectivity index (χ4n) is 3.49. The highest BCUT2D eigenvalue weighted by molar-refractivity contribution is 6.35. The van der Waals surface area contributed by atoms with Crippen LogP contribution in [-0.4, -0.2) is 38.2 Å². The number of hydrogen-bond acceptors (Lipinski definition) is 4. The Hall–Kier alpha value is -1.46. The Kier molecular flexibility index (Phi) is 12.9. The lowest BCUT2D eigenvalue weighted by Gasteiger charge is -2.22. The third-order valence-electron chi connectivity index (χ3n) is 5.44. The molecule has 0 fully saturated rings. The summed E-state index contributed by atoms with van der Waals surface area (Å²) < 4.78 is 11.5. The van der Waals surface area contributed by atoms with Crippen LogP contribution in [0.1, 0.15) is 57.1 Å². The SMILES string of the molecule is CCCCN(CCCC)CCCNCc1ccc(OCc2ccc(Cl)cc2Cl)c(OC)c1. The van der Waals surface area contributed by atoms with E-state index in [0.29, 0.717) is 22.4 Å². The fraction of sp³-hybridized carbons (Fsp3) is 0.538. The third-order valence-corrected chi connectivity index (χ3v) is 6.03. The lowest BCUT2D eigenvalue weighted by atomic mass is 10.2. The van der Waals surface area contributed by atoms with Gasteiger partial charge in [0.05, 0.1) is 7.11 Å². The van der Waals surface area contributed by atoms with E-state index in [0.717, 1.165) is 37.4 Å². The molecule has 178 valence electrons. The highest BCUT2D eigenvalue weighted by Crippen LogP contribution is 2.30. The van der Waals surface area contributed by atoms with Gasteiger partial charge in [-0.25, -0.2) is 0 Å². The van der Waals surface area contributed by atoms with Crippen LogP contribution in [-0.2, 0) is 13.2 Å². The lowest BCUT2D eigenvalue weighted by molar-refractivity contribution is 0.261. The normalized spacial score (nSPS) is 11.2. The summed E-state index contributed by atoms with van der Waals surface area (Å²) in [6.07, 6.45) is 6.25. The molecule has 0 saturated heterocycles. The van der Waals surface area contributed by atoms with Crippen molar-refractivity contribution in [2.45, 2.75) is 59.1 Å². The molecule has 1 N–H and O–H groups in total. The minimum absolute atomic E-state index is 0.358. The highest BCUT2D eigenvalue weighted by Gasteiger charge is 2.09. The van der Waals surface area contributed by atoms with E-state index in [4.69, 9.17) is 32.7 Å². The Morgan fingerprint density at radius 2 is 1.59 bits per heavy atom. The van der Waals surface area contributed by atoms with Crippen LogP contribution in [0, 0.1) is 0 Å².